The summed E-state index contributed by atoms with van der Waals surface area (Å²) in [6, 6.07) is 8.17. The van der Waals surface area contributed by atoms with E-state index in [1.165, 1.54) is 6.07 Å². The van der Waals surface area contributed by atoms with Gasteiger partial charge in [-0.3, -0.25) is 4.98 Å². The Bertz CT molecular complexity index is 868. The summed E-state index contributed by atoms with van der Waals surface area (Å²) in [5.41, 5.74) is -1.21. The minimum absolute atomic E-state index is 0.0701. The van der Waals surface area contributed by atoms with Gasteiger partial charge in [-0.1, -0.05) is 31.5 Å². The van der Waals surface area contributed by atoms with Gasteiger partial charge in [0.2, 0.25) is 0 Å². The van der Waals surface area contributed by atoms with Gasteiger partial charge < -0.3 is 9.84 Å². The van der Waals surface area contributed by atoms with Crippen molar-refractivity contribution in [3.05, 3.63) is 41.6 Å². The molecule has 142 valence electrons. The number of aromatic nitrogens is 1. The SMILES string of the molecule is CCC(O)(CC)C(S)Oc1c(-c2ccccn2)cc(Cl)cc1S(C)(=O)=O. The van der Waals surface area contributed by atoms with Crippen LogP contribution in [-0.2, 0) is 9.84 Å². The van der Waals surface area contributed by atoms with Crippen LogP contribution in [0.1, 0.15) is 26.7 Å². The number of hydrogen-bond acceptors (Lipinski definition) is 6. The highest BCUT2D eigenvalue weighted by molar-refractivity contribution is 7.90. The molecule has 0 fully saturated rings. The topological polar surface area (TPSA) is 76.5 Å². The fourth-order valence-electron chi connectivity index (χ4n) is 2.50. The summed E-state index contributed by atoms with van der Waals surface area (Å²) in [6.45, 7) is 3.63. The summed E-state index contributed by atoms with van der Waals surface area (Å²) in [4.78, 5) is 4.19. The third-order valence-electron chi connectivity index (χ3n) is 4.27. The Morgan fingerprint density at radius 2 is 1.96 bits per heavy atom. The van der Waals surface area contributed by atoms with E-state index in [2.05, 4.69) is 17.6 Å². The Hall–Kier alpha value is -1.28. The predicted octanol–water partition coefficient (Wildman–Crippen LogP) is 3.99. The Kier molecular flexibility index (Phi) is 6.60. The molecule has 5 nitrogen and oxygen atoms in total. The highest BCUT2D eigenvalue weighted by Crippen LogP contribution is 2.40. The first-order chi connectivity index (χ1) is 12.1. The normalized spacial score (nSPS) is 13.5. The number of benzene rings is 1. The minimum atomic E-state index is -3.64. The van der Waals surface area contributed by atoms with Gasteiger partial charge in [0.1, 0.15) is 16.2 Å². The number of rotatable bonds is 7. The number of sulfone groups is 1. The summed E-state index contributed by atoms with van der Waals surface area (Å²) in [7, 11) is -3.64. The lowest BCUT2D eigenvalue weighted by atomic mass is 9.98. The van der Waals surface area contributed by atoms with Crippen LogP contribution in [0.2, 0.25) is 5.02 Å². The minimum Gasteiger partial charge on any atom is -0.475 e. The summed E-state index contributed by atoms with van der Waals surface area (Å²) < 4.78 is 30.5. The molecule has 1 N–H and O–H groups in total. The van der Waals surface area contributed by atoms with E-state index < -0.39 is 20.9 Å². The number of halogens is 1. The van der Waals surface area contributed by atoms with Crippen LogP contribution >= 0.6 is 24.2 Å². The van der Waals surface area contributed by atoms with Crippen molar-refractivity contribution in [2.45, 2.75) is 42.6 Å². The van der Waals surface area contributed by atoms with E-state index in [4.69, 9.17) is 16.3 Å². The molecule has 0 aliphatic heterocycles. The summed E-state index contributed by atoms with van der Waals surface area (Å²) in [6.07, 6.45) is 3.47. The molecule has 0 spiro atoms. The average molecular weight is 416 g/mol. The summed E-state index contributed by atoms with van der Waals surface area (Å²) >= 11 is 10.5. The second kappa shape index (κ2) is 8.17. The smallest absolute Gasteiger partial charge is 0.179 e. The molecule has 0 radical (unpaired) electrons. The fourth-order valence-corrected chi connectivity index (χ4v) is 4.09. The molecule has 1 unspecified atom stereocenters. The van der Waals surface area contributed by atoms with E-state index in [0.717, 1.165) is 6.26 Å². The van der Waals surface area contributed by atoms with E-state index >= 15 is 0 Å². The molecule has 26 heavy (non-hydrogen) atoms. The average Bonchev–Trinajstić information content (AvgIpc) is 2.61. The van der Waals surface area contributed by atoms with Crippen molar-refractivity contribution >= 4 is 34.1 Å². The van der Waals surface area contributed by atoms with Crippen molar-refractivity contribution < 1.29 is 18.3 Å². The number of pyridine rings is 1. The number of thiol groups is 1. The van der Waals surface area contributed by atoms with Crippen LogP contribution in [0.25, 0.3) is 11.3 Å². The molecule has 0 saturated carbocycles. The van der Waals surface area contributed by atoms with Gasteiger partial charge in [0.05, 0.1) is 5.69 Å². The summed E-state index contributed by atoms with van der Waals surface area (Å²) in [5, 5.41) is 10.9. The van der Waals surface area contributed by atoms with E-state index in [1.807, 2.05) is 13.8 Å². The Morgan fingerprint density at radius 1 is 1.31 bits per heavy atom. The van der Waals surface area contributed by atoms with Gasteiger partial charge in [-0.05, 0) is 37.1 Å². The number of nitrogens with zero attached hydrogens (tertiary/aromatic N) is 1. The van der Waals surface area contributed by atoms with Gasteiger partial charge in [0, 0.05) is 23.0 Å². The summed E-state index contributed by atoms with van der Waals surface area (Å²) in [5.74, 6) is 0.0796. The third kappa shape index (κ3) is 4.52. The highest BCUT2D eigenvalue weighted by Gasteiger charge is 2.34. The second-order valence-corrected chi connectivity index (χ2v) is 8.94. The van der Waals surface area contributed by atoms with Crippen LogP contribution in [0.15, 0.2) is 41.4 Å². The van der Waals surface area contributed by atoms with Crippen molar-refractivity contribution in [1.29, 1.82) is 0 Å². The molecule has 1 atom stereocenters. The Balaban J connectivity index is 2.69. The maximum absolute atomic E-state index is 12.3. The maximum Gasteiger partial charge on any atom is 0.179 e. The molecule has 0 bridgehead atoms. The zero-order chi connectivity index (χ0) is 19.5. The molecule has 0 aliphatic carbocycles. The molecule has 0 aliphatic rings. The van der Waals surface area contributed by atoms with Crippen LogP contribution in [0.3, 0.4) is 0 Å². The molecule has 1 aromatic carbocycles. The van der Waals surface area contributed by atoms with E-state index in [1.54, 1.807) is 30.5 Å². The zero-order valence-corrected chi connectivity index (χ0v) is 17.3. The molecular weight excluding hydrogens is 394 g/mol. The highest BCUT2D eigenvalue weighted by atomic mass is 35.5. The number of hydrogen-bond donors (Lipinski definition) is 2. The first-order valence-corrected chi connectivity index (χ1v) is 10.9. The third-order valence-corrected chi connectivity index (χ3v) is 6.18. The quantitative estimate of drug-likeness (QED) is 0.528. The van der Waals surface area contributed by atoms with E-state index in [-0.39, 0.29) is 15.7 Å². The lowest BCUT2D eigenvalue weighted by Gasteiger charge is -2.32. The van der Waals surface area contributed by atoms with Crippen LogP contribution < -0.4 is 4.74 Å². The van der Waals surface area contributed by atoms with Crippen molar-refractivity contribution in [1.82, 2.24) is 4.98 Å². The van der Waals surface area contributed by atoms with Gasteiger partial charge in [0.25, 0.3) is 0 Å². The van der Waals surface area contributed by atoms with Crippen LogP contribution in [0.5, 0.6) is 5.75 Å². The molecule has 2 aromatic rings. The van der Waals surface area contributed by atoms with Crippen molar-refractivity contribution in [2.24, 2.45) is 0 Å². The molecule has 0 amide bonds. The Labute approximate surface area is 164 Å². The van der Waals surface area contributed by atoms with E-state index in [0.29, 0.717) is 24.1 Å². The number of ether oxygens (including phenoxy) is 1. The lowest BCUT2D eigenvalue weighted by Crippen LogP contribution is -2.41. The largest absolute Gasteiger partial charge is 0.475 e. The predicted molar refractivity (Wildman–Crippen MR) is 107 cm³/mol. The lowest BCUT2D eigenvalue weighted by molar-refractivity contribution is -0.0277. The van der Waals surface area contributed by atoms with Gasteiger partial charge in [-0.15, -0.1) is 12.6 Å². The van der Waals surface area contributed by atoms with Crippen molar-refractivity contribution in [3.63, 3.8) is 0 Å². The fraction of sp³-hybridized carbons (Fsp3) is 0.389. The Morgan fingerprint density at radius 3 is 2.46 bits per heavy atom. The molecule has 8 heteroatoms. The zero-order valence-electron chi connectivity index (χ0n) is 14.8. The van der Waals surface area contributed by atoms with E-state index in [9.17, 15) is 13.5 Å². The van der Waals surface area contributed by atoms with Gasteiger partial charge >= 0.3 is 0 Å². The molecule has 2 rings (SSSR count). The van der Waals surface area contributed by atoms with Crippen molar-refractivity contribution in [2.75, 3.05) is 6.26 Å². The molecular formula is C18H22ClNO4S2. The van der Waals surface area contributed by atoms with Crippen molar-refractivity contribution in [3.8, 4) is 17.0 Å². The standard InChI is InChI=1S/C18H22ClNO4S2/c1-4-18(21,5-2)17(25)24-16-13(14-8-6-7-9-20-14)10-12(19)11-15(16)26(3,22)23/h6-11,17,21,25H,4-5H2,1-3H3. The first kappa shape index (κ1) is 21.0. The van der Waals surface area contributed by atoms with Crippen LogP contribution in [0, 0.1) is 0 Å². The number of aliphatic hydroxyl groups is 1. The van der Waals surface area contributed by atoms with Gasteiger partial charge in [-0.2, -0.15) is 0 Å². The monoisotopic (exact) mass is 415 g/mol. The van der Waals surface area contributed by atoms with Crippen LogP contribution in [0.4, 0.5) is 0 Å². The first-order valence-electron chi connectivity index (χ1n) is 8.14. The maximum atomic E-state index is 12.3. The molecule has 0 saturated heterocycles. The van der Waals surface area contributed by atoms with Gasteiger partial charge in [0.15, 0.2) is 15.3 Å². The second-order valence-electron chi connectivity index (χ2n) is 6.05. The molecule has 1 heterocycles. The van der Waals surface area contributed by atoms with Crippen LogP contribution in [-0.4, -0.2) is 35.8 Å². The molecule has 1 aromatic heterocycles. The van der Waals surface area contributed by atoms with Gasteiger partial charge in [-0.25, -0.2) is 8.42 Å².